The minimum Gasteiger partial charge on any atom is -0.369 e. The van der Waals surface area contributed by atoms with Crippen LogP contribution in [0.3, 0.4) is 0 Å². The number of rotatable bonds is 7. The van der Waals surface area contributed by atoms with E-state index in [1.165, 1.54) is 0 Å². The van der Waals surface area contributed by atoms with Gasteiger partial charge in [-0.2, -0.15) is 0 Å². The molecule has 4 aromatic rings. The SMILES string of the molecule is Cc1ccc2c(c1)c(/C(F)=C/Cc1ccccc1)c(-c1ccccc1)n2CC(C)(C)C(N)=O. The van der Waals surface area contributed by atoms with Gasteiger partial charge in [0.2, 0.25) is 5.91 Å². The van der Waals surface area contributed by atoms with E-state index >= 15 is 4.39 Å². The molecule has 33 heavy (non-hydrogen) atoms. The smallest absolute Gasteiger partial charge is 0.224 e. The van der Waals surface area contributed by atoms with Crippen molar-refractivity contribution < 1.29 is 9.18 Å². The number of primary amides is 1. The van der Waals surface area contributed by atoms with E-state index in [2.05, 4.69) is 0 Å². The second-order valence-electron chi connectivity index (χ2n) is 9.19. The number of hydrogen-bond donors (Lipinski definition) is 1. The molecule has 3 nitrogen and oxygen atoms in total. The van der Waals surface area contributed by atoms with Gasteiger partial charge in [-0.15, -0.1) is 0 Å². The van der Waals surface area contributed by atoms with E-state index in [0.717, 1.165) is 33.3 Å². The maximum Gasteiger partial charge on any atom is 0.224 e. The zero-order valence-electron chi connectivity index (χ0n) is 19.3. The molecule has 1 heterocycles. The van der Waals surface area contributed by atoms with Gasteiger partial charge in [0.05, 0.1) is 11.1 Å². The Morgan fingerprint density at radius 1 is 1.00 bits per heavy atom. The molecule has 3 aromatic carbocycles. The van der Waals surface area contributed by atoms with Gasteiger partial charge in [0.15, 0.2) is 0 Å². The molecule has 0 atom stereocenters. The first-order valence-corrected chi connectivity index (χ1v) is 11.2. The van der Waals surface area contributed by atoms with Gasteiger partial charge in [-0.3, -0.25) is 4.79 Å². The number of aryl methyl sites for hydroxylation is 1. The summed E-state index contributed by atoms with van der Waals surface area (Å²) in [6, 6.07) is 25.6. The molecule has 0 fully saturated rings. The molecule has 0 aliphatic heterocycles. The molecule has 168 valence electrons. The molecule has 0 unspecified atom stereocenters. The minimum atomic E-state index is -0.804. The van der Waals surface area contributed by atoms with Crippen LogP contribution in [0, 0.1) is 12.3 Å². The standard InChI is InChI=1S/C29H29FN2O/c1-20-14-17-25-23(18-20)26(24(30)16-15-21-10-6-4-7-11-21)27(22-12-8-5-9-13-22)32(25)19-29(2,3)28(31)33/h4-14,16-18H,15,19H2,1-3H3,(H2,31,33)/b24-16-. The van der Waals surface area contributed by atoms with Crippen molar-refractivity contribution in [3.05, 3.63) is 102 Å². The van der Waals surface area contributed by atoms with Crippen LogP contribution in [0.5, 0.6) is 0 Å². The van der Waals surface area contributed by atoms with Crippen LogP contribution in [-0.4, -0.2) is 10.5 Å². The summed E-state index contributed by atoms with van der Waals surface area (Å²) in [6.07, 6.45) is 2.13. The van der Waals surface area contributed by atoms with Crippen molar-refractivity contribution in [1.29, 1.82) is 0 Å². The molecule has 1 amide bonds. The van der Waals surface area contributed by atoms with Crippen molar-refractivity contribution >= 4 is 22.6 Å². The fourth-order valence-electron chi connectivity index (χ4n) is 4.17. The number of aromatic nitrogens is 1. The second kappa shape index (κ2) is 9.07. The average Bonchev–Trinajstić information content (AvgIpc) is 3.11. The number of amides is 1. The Labute approximate surface area is 194 Å². The van der Waals surface area contributed by atoms with E-state index < -0.39 is 11.3 Å². The number of hydrogen-bond acceptors (Lipinski definition) is 1. The maximum absolute atomic E-state index is 16.0. The normalized spacial score (nSPS) is 12.3. The molecule has 0 aliphatic carbocycles. The molecular formula is C29H29FN2O. The van der Waals surface area contributed by atoms with Crippen molar-refractivity contribution in [2.45, 2.75) is 33.7 Å². The van der Waals surface area contributed by atoms with Gasteiger partial charge < -0.3 is 10.3 Å². The van der Waals surface area contributed by atoms with Crippen LogP contribution >= 0.6 is 0 Å². The Morgan fingerprint density at radius 2 is 1.64 bits per heavy atom. The highest BCUT2D eigenvalue weighted by molar-refractivity contribution is 6.00. The third-order valence-electron chi connectivity index (χ3n) is 6.09. The molecule has 0 aliphatic rings. The highest BCUT2D eigenvalue weighted by Crippen LogP contribution is 2.40. The van der Waals surface area contributed by atoms with Gasteiger partial charge >= 0.3 is 0 Å². The van der Waals surface area contributed by atoms with Gasteiger partial charge in [0.25, 0.3) is 0 Å². The van der Waals surface area contributed by atoms with E-state index in [1.54, 1.807) is 6.08 Å². The van der Waals surface area contributed by atoms with Crippen molar-refractivity contribution in [3.8, 4) is 11.3 Å². The van der Waals surface area contributed by atoms with E-state index in [9.17, 15) is 4.79 Å². The fourth-order valence-corrected chi connectivity index (χ4v) is 4.17. The predicted octanol–water partition coefficient (Wildman–Crippen LogP) is 6.68. The van der Waals surface area contributed by atoms with Gasteiger partial charge in [0.1, 0.15) is 5.83 Å². The van der Waals surface area contributed by atoms with Gasteiger partial charge in [0, 0.05) is 23.0 Å². The summed E-state index contributed by atoms with van der Waals surface area (Å²) in [4.78, 5) is 12.2. The molecule has 4 rings (SSSR count). The van der Waals surface area contributed by atoms with Crippen molar-refractivity contribution in [3.63, 3.8) is 0 Å². The summed E-state index contributed by atoms with van der Waals surface area (Å²) >= 11 is 0. The first kappa shape index (κ1) is 22.5. The van der Waals surface area contributed by atoms with Crippen molar-refractivity contribution in [2.75, 3.05) is 0 Å². The zero-order valence-corrected chi connectivity index (χ0v) is 19.3. The number of halogens is 1. The van der Waals surface area contributed by atoms with Gasteiger partial charge in [-0.05, 0) is 56.5 Å². The van der Waals surface area contributed by atoms with E-state index in [0.29, 0.717) is 18.5 Å². The number of fused-ring (bicyclic) bond motifs is 1. The van der Waals surface area contributed by atoms with Gasteiger partial charge in [-0.1, -0.05) is 72.3 Å². The highest BCUT2D eigenvalue weighted by Gasteiger charge is 2.30. The Bertz CT molecular complexity index is 1320. The zero-order chi connectivity index (χ0) is 23.6. The molecule has 0 bridgehead atoms. The minimum absolute atomic E-state index is 0.274. The van der Waals surface area contributed by atoms with E-state index in [-0.39, 0.29) is 5.83 Å². The summed E-state index contributed by atoms with van der Waals surface area (Å²) in [7, 11) is 0. The molecule has 2 N–H and O–H groups in total. The third-order valence-corrected chi connectivity index (χ3v) is 6.09. The van der Waals surface area contributed by atoms with Crippen LogP contribution in [0.2, 0.25) is 0 Å². The van der Waals surface area contributed by atoms with Gasteiger partial charge in [-0.25, -0.2) is 4.39 Å². The fraction of sp³-hybridized carbons (Fsp3) is 0.207. The first-order chi connectivity index (χ1) is 15.8. The molecule has 0 spiro atoms. The third kappa shape index (κ3) is 4.61. The summed E-state index contributed by atoms with van der Waals surface area (Å²) in [5.74, 6) is -0.666. The van der Waals surface area contributed by atoms with Crippen LogP contribution in [-0.2, 0) is 17.8 Å². The lowest BCUT2D eigenvalue weighted by molar-refractivity contribution is -0.126. The largest absolute Gasteiger partial charge is 0.369 e. The number of allylic oxidation sites excluding steroid dienone is 1. The average molecular weight is 441 g/mol. The summed E-state index contributed by atoms with van der Waals surface area (Å²) in [6.45, 7) is 6.00. The maximum atomic E-state index is 16.0. The molecule has 1 aromatic heterocycles. The van der Waals surface area contributed by atoms with E-state index in [4.69, 9.17) is 5.73 Å². The Kier molecular flexibility index (Phi) is 6.19. The van der Waals surface area contributed by atoms with Crippen LogP contribution < -0.4 is 5.73 Å². The molecule has 0 saturated carbocycles. The number of carbonyl (C=O) groups is 1. The Balaban J connectivity index is 1.98. The second-order valence-corrected chi connectivity index (χ2v) is 9.19. The van der Waals surface area contributed by atoms with Crippen LogP contribution in [0.1, 0.15) is 30.5 Å². The van der Waals surface area contributed by atoms with Crippen LogP contribution in [0.25, 0.3) is 28.0 Å². The van der Waals surface area contributed by atoms with Crippen molar-refractivity contribution in [1.82, 2.24) is 4.57 Å². The summed E-state index contributed by atoms with van der Waals surface area (Å²) in [5.41, 5.74) is 10.1. The number of benzene rings is 3. The van der Waals surface area contributed by atoms with E-state index in [1.807, 2.05) is 104 Å². The highest BCUT2D eigenvalue weighted by atomic mass is 19.1. The summed E-state index contributed by atoms with van der Waals surface area (Å²) in [5, 5.41) is 0.830. The topological polar surface area (TPSA) is 48.0 Å². The first-order valence-electron chi connectivity index (χ1n) is 11.2. The van der Waals surface area contributed by atoms with Crippen LogP contribution in [0.4, 0.5) is 4.39 Å². The number of carbonyl (C=O) groups excluding carboxylic acids is 1. The Morgan fingerprint density at radius 3 is 2.27 bits per heavy atom. The molecule has 0 radical (unpaired) electrons. The quantitative estimate of drug-likeness (QED) is 0.342. The molecule has 0 saturated heterocycles. The monoisotopic (exact) mass is 440 g/mol. The lowest BCUT2D eigenvalue weighted by Crippen LogP contribution is -2.35. The number of nitrogens with zero attached hydrogens (tertiary/aromatic N) is 1. The lowest BCUT2D eigenvalue weighted by atomic mass is 9.92. The molecule has 4 heteroatoms. The Hall–Kier alpha value is -3.66. The van der Waals surface area contributed by atoms with Crippen molar-refractivity contribution in [2.24, 2.45) is 11.1 Å². The number of nitrogens with two attached hydrogens (primary N) is 1. The van der Waals surface area contributed by atoms with Crippen LogP contribution in [0.15, 0.2) is 84.9 Å². The lowest BCUT2D eigenvalue weighted by Gasteiger charge is -2.24. The molecular weight excluding hydrogens is 411 g/mol. The predicted molar refractivity (Wildman–Crippen MR) is 134 cm³/mol. The summed E-state index contributed by atoms with van der Waals surface area (Å²) < 4.78 is 18.0.